The van der Waals surface area contributed by atoms with Gasteiger partial charge in [-0.15, -0.1) is 0 Å². The number of sulfonamides is 1. The molecule has 0 saturated carbocycles. The van der Waals surface area contributed by atoms with Crippen LogP contribution in [0, 0.1) is 13.8 Å². The van der Waals surface area contributed by atoms with Crippen LogP contribution in [0.15, 0.2) is 65.8 Å². The number of pyridine rings is 1. The lowest BCUT2D eigenvalue weighted by Gasteiger charge is -2.26. The molecule has 3 amide bonds. The lowest BCUT2D eigenvalue weighted by molar-refractivity contribution is -0.142. The number of esters is 1. The third-order valence-corrected chi connectivity index (χ3v) is 10.2. The third-order valence-electron chi connectivity index (χ3n) is 8.43. The first-order valence-corrected chi connectivity index (χ1v) is 20.0. The van der Waals surface area contributed by atoms with Crippen LogP contribution in [-0.2, 0) is 35.6 Å². The van der Waals surface area contributed by atoms with E-state index in [0.717, 1.165) is 12.6 Å². The second kappa shape index (κ2) is 20.0. The van der Waals surface area contributed by atoms with Gasteiger partial charge < -0.3 is 30.6 Å². The third kappa shape index (κ3) is 12.7. The van der Waals surface area contributed by atoms with Gasteiger partial charge in [-0.25, -0.2) is 18.2 Å². The molecule has 4 rings (SSSR count). The molecule has 0 bridgehead atoms. The molecular weight excluding hydrogens is 757 g/mol. The van der Waals surface area contributed by atoms with E-state index in [1.165, 1.54) is 4.90 Å². The maximum absolute atomic E-state index is 13.6. The molecule has 0 fully saturated rings. The number of benzene rings is 2. The van der Waals surface area contributed by atoms with E-state index in [2.05, 4.69) is 25.4 Å². The van der Waals surface area contributed by atoms with E-state index in [1.807, 2.05) is 0 Å². The molecule has 0 unspecified atom stereocenters. The van der Waals surface area contributed by atoms with E-state index in [0.29, 0.717) is 67.1 Å². The minimum absolute atomic E-state index is 0.0482. The Balaban J connectivity index is 1.37. The Labute approximate surface area is 332 Å². The largest absolute Gasteiger partial charge is 0.494 e. The van der Waals surface area contributed by atoms with Crippen molar-refractivity contribution in [3.05, 3.63) is 77.6 Å². The topological polar surface area (TPSA) is 226 Å². The summed E-state index contributed by atoms with van der Waals surface area (Å²) in [6.45, 7) is 9.94. The number of nitrogens with two attached hydrogens (primary N) is 1. The molecule has 5 N–H and O–H groups in total. The molecule has 0 aliphatic carbocycles. The van der Waals surface area contributed by atoms with Crippen molar-refractivity contribution in [3.63, 3.8) is 0 Å². The molecular formula is C39H52N8O9S. The summed E-state index contributed by atoms with van der Waals surface area (Å²) in [4.78, 5) is 56.5. The minimum atomic E-state index is -4.28. The molecule has 18 heteroatoms. The Bertz CT molecular complexity index is 2110. The minimum Gasteiger partial charge on any atom is -0.494 e. The number of nitrogens with one attached hydrogen (secondary N) is 3. The summed E-state index contributed by atoms with van der Waals surface area (Å²) in [6, 6.07) is 11.9. The first kappa shape index (κ1) is 44.1. The number of hydrogen-bond donors (Lipinski definition) is 4. The van der Waals surface area contributed by atoms with Gasteiger partial charge in [-0.1, -0.05) is 6.07 Å². The summed E-state index contributed by atoms with van der Waals surface area (Å²) < 4.78 is 47.6. The molecule has 0 saturated heterocycles. The van der Waals surface area contributed by atoms with Crippen molar-refractivity contribution in [2.24, 2.45) is 5.73 Å². The van der Waals surface area contributed by atoms with Crippen LogP contribution in [0.4, 0.5) is 10.6 Å². The Morgan fingerprint density at radius 1 is 1.00 bits per heavy atom. The SMILES string of the molecule is COC(=O)[C@H](CNC(=O)c1ccc2c(cnn2CCCN(C(=O)OC(C)(C)C)c2ccccn2)c1)NS(=O)(=O)c1c(C)cc(OCCCC(=O)NCCN)cc1C. The smallest absolute Gasteiger partial charge is 0.416 e. The van der Waals surface area contributed by atoms with Crippen LogP contribution in [0.2, 0.25) is 0 Å². The summed E-state index contributed by atoms with van der Waals surface area (Å²) in [5, 5.41) is 10.5. The summed E-state index contributed by atoms with van der Waals surface area (Å²) in [5.74, 6) is -0.683. The molecule has 2 aromatic carbocycles. The second-order valence-electron chi connectivity index (χ2n) is 14.2. The van der Waals surface area contributed by atoms with Crippen LogP contribution in [-0.4, -0.2) is 98.6 Å². The number of carbonyl (C=O) groups excluding carboxylic acids is 4. The average molecular weight is 809 g/mol. The molecule has 17 nitrogen and oxygen atoms in total. The van der Waals surface area contributed by atoms with Gasteiger partial charge >= 0.3 is 12.1 Å². The highest BCUT2D eigenvalue weighted by Crippen LogP contribution is 2.26. The highest BCUT2D eigenvalue weighted by atomic mass is 32.2. The molecule has 4 aromatic rings. The lowest BCUT2D eigenvalue weighted by atomic mass is 10.1. The van der Waals surface area contributed by atoms with E-state index >= 15 is 0 Å². The zero-order valence-corrected chi connectivity index (χ0v) is 34.0. The van der Waals surface area contributed by atoms with E-state index in [4.69, 9.17) is 19.9 Å². The van der Waals surface area contributed by atoms with E-state index in [9.17, 15) is 27.6 Å². The fourth-order valence-electron chi connectivity index (χ4n) is 5.91. The van der Waals surface area contributed by atoms with Crippen molar-refractivity contribution in [3.8, 4) is 5.75 Å². The van der Waals surface area contributed by atoms with Gasteiger partial charge in [-0.3, -0.25) is 24.0 Å². The van der Waals surface area contributed by atoms with Crippen LogP contribution in [0.25, 0.3) is 10.9 Å². The van der Waals surface area contributed by atoms with Crippen LogP contribution in [0.5, 0.6) is 5.75 Å². The molecule has 1 atom stereocenters. The number of ether oxygens (including phenoxy) is 3. The number of carbonyl (C=O) groups is 4. The Kier molecular flexibility index (Phi) is 15.5. The van der Waals surface area contributed by atoms with Crippen LogP contribution < -0.4 is 30.7 Å². The van der Waals surface area contributed by atoms with Gasteiger partial charge in [0.1, 0.15) is 23.2 Å². The van der Waals surface area contributed by atoms with Crippen molar-refractivity contribution in [1.82, 2.24) is 30.1 Å². The summed E-state index contributed by atoms with van der Waals surface area (Å²) in [7, 11) is -3.16. The molecule has 2 heterocycles. The zero-order chi connectivity index (χ0) is 41.8. The Morgan fingerprint density at radius 2 is 1.74 bits per heavy atom. The number of rotatable bonds is 19. The van der Waals surface area contributed by atoms with E-state index < -0.39 is 46.2 Å². The number of anilines is 1. The second-order valence-corrected chi connectivity index (χ2v) is 15.8. The number of amides is 3. The van der Waals surface area contributed by atoms with Crippen molar-refractivity contribution >= 4 is 50.6 Å². The molecule has 0 aliphatic rings. The predicted molar refractivity (Wildman–Crippen MR) is 213 cm³/mol. The molecule has 57 heavy (non-hydrogen) atoms. The number of aromatic nitrogens is 3. The van der Waals surface area contributed by atoms with Gasteiger partial charge in [0.25, 0.3) is 5.91 Å². The average Bonchev–Trinajstić information content (AvgIpc) is 3.56. The first-order chi connectivity index (χ1) is 27.0. The molecule has 0 radical (unpaired) electrons. The van der Waals surface area contributed by atoms with Crippen molar-refractivity contribution in [2.75, 3.05) is 44.8 Å². The highest BCUT2D eigenvalue weighted by molar-refractivity contribution is 7.89. The fraction of sp³-hybridized carbons (Fsp3) is 0.436. The Morgan fingerprint density at radius 3 is 2.39 bits per heavy atom. The van der Waals surface area contributed by atoms with Gasteiger partial charge in [0.15, 0.2) is 0 Å². The van der Waals surface area contributed by atoms with Gasteiger partial charge in [0.05, 0.1) is 30.3 Å². The quantitative estimate of drug-likeness (QED) is 0.0791. The predicted octanol–water partition coefficient (Wildman–Crippen LogP) is 3.36. The van der Waals surface area contributed by atoms with Gasteiger partial charge in [0.2, 0.25) is 15.9 Å². The molecule has 2 aromatic heterocycles. The van der Waals surface area contributed by atoms with Gasteiger partial charge in [0, 0.05) is 56.3 Å². The number of methoxy groups -OCH3 is 1. The van der Waals surface area contributed by atoms with Gasteiger partial charge in [-0.2, -0.15) is 9.82 Å². The summed E-state index contributed by atoms with van der Waals surface area (Å²) in [5.41, 5.74) is 6.46. The lowest BCUT2D eigenvalue weighted by Crippen LogP contribution is -2.49. The maximum atomic E-state index is 13.6. The zero-order valence-electron chi connectivity index (χ0n) is 33.2. The van der Waals surface area contributed by atoms with Gasteiger partial charge in [-0.05, 0) is 101 Å². The van der Waals surface area contributed by atoms with E-state index in [-0.39, 0.29) is 29.4 Å². The first-order valence-electron chi connectivity index (χ1n) is 18.5. The van der Waals surface area contributed by atoms with Crippen LogP contribution >= 0.6 is 0 Å². The molecule has 0 spiro atoms. The van der Waals surface area contributed by atoms with E-state index in [1.54, 1.807) is 100 Å². The monoisotopic (exact) mass is 808 g/mol. The number of aryl methyl sites for hydroxylation is 3. The Hall–Kier alpha value is -5.59. The normalized spacial score (nSPS) is 12.1. The van der Waals surface area contributed by atoms with Crippen molar-refractivity contribution in [1.29, 1.82) is 0 Å². The summed E-state index contributed by atoms with van der Waals surface area (Å²) in [6.07, 6.45) is 3.94. The van der Waals surface area contributed by atoms with Crippen molar-refractivity contribution < 1.29 is 41.8 Å². The fourth-order valence-corrected chi connectivity index (χ4v) is 7.55. The number of fused-ring (bicyclic) bond motifs is 1. The highest BCUT2D eigenvalue weighted by Gasteiger charge is 2.30. The standard InChI is InChI=1S/C39H52N8O9S/c1-26-21-30(55-20-9-12-34(48)42-17-15-40)22-27(2)35(26)57(52,53)45-31(37(50)54-6)25-43-36(49)28-13-14-32-29(23-28)24-44-47(32)19-10-18-46(33-11-7-8-16-41-33)38(51)56-39(3,4)5/h7-8,11,13-14,16,21-24,31,45H,9-10,12,15,17-20,25,40H2,1-6H3,(H,42,48)(H,43,49)/t31-/m0/s1. The molecule has 308 valence electrons. The number of hydrogen-bond acceptors (Lipinski definition) is 12. The summed E-state index contributed by atoms with van der Waals surface area (Å²) >= 11 is 0. The van der Waals surface area contributed by atoms with Crippen LogP contribution in [0.1, 0.15) is 61.5 Å². The number of nitrogens with zero attached hydrogens (tertiary/aromatic N) is 4. The van der Waals surface area contributed by atoms with Crippen LogP contribution in [0.3, 0.4) is 0 Å². The molecule has 0 aliphatic heterocycles. The maximum Gasteiger partial charge on any atom is 0.416 e. The van der Waals surface area contributed by atoms with Crippen molar-refractivity contribution in [2.45, 2.75) is 77.0 Å².